The van der Waals surface area contributed by atoms with Gasteiger partial charge >= 0.3 is 0 Å². The van der Waals surface area contributed by atoms with Gasteiger partial charge in [-0.3, -0.25) is 4.98 Å². The molecule has 0 atom stereocenters. The monoisotopic (exact) mass is 220 g/mol. The number of nitrogens with zero attached hydrogens (tertiary/aromatic N) is 2. The van der Waals surface area contributed by atoms with Crippen LogP contribution in [-0.2, 0) is 0 Å². The fraction of sp³-hybridized carbons (Fsp3) is 0. The molecule has 2 aromatic rings. The highest BCUT2D eigenvalue weighted by Gasteiger charge is 2.09. The lowest BCUT2D eigenvalue weighted by Gasteiger charge is -2.07. The first-order chi connectivity index (χ1) is 7.18. The molecule has 0 fully saturated rings. The zero-order chi connectivity index (χ0) is 10.8. The Balaban J connectivity index is 2.63. The first-order valence-corrected chi connectivity index (χ1v) is 4.68. The van der Waals surface area contributed by atoms with Crippen molar-refractivity contribution in [3.8, 4) is 11.3 Å². The van der Waals surface area contributed by atoms with Gasteiger partial charge in [-0.05, 0) is 18.2 Å². The predicted molar refractivity (Wildman–Crippen MR) is 61.3 cm³/mol. The molecule has 0 unspecified atom stereocenters. The van der Waals surface area contributed by atoms with Gasteiger partial charge in [0.1, 0.15) is 5.82 Å². The second-order valence-electron chi connectivity index (χ2n) is 3.02. The van der Waals surface area contributed by atoms with Crippen molar-refractivity contribution in [3.05, 3.63) is 35.6 Å². The van der Waals surface area contributed by atoms with Crippen LogP contribution in [0.1, 0.15) is 0 Å². The van der Waals surface area contributed by atoms with Gasteiger partial charge in [-0.15, -0.1) is 0 Å². The summed E-state index contributed by atoms with van der Waals surface area (Å²) in [5, 5.41) is 0.586. The summed E-state index contributed by atoms with van der Waals surface area (Å²) in [6.07, 6.45) is 3.16. The largest absolute Gasteiger partial charge is 0.398 e. The molecule has 0 aliphatic heterocycles. The van der Waals surface area contributed by atoms with E-state index < -0.39 is 0 Å². The lowest BCUT2D eigenvalue weighted by Crippen LogP contribution is -1.99. The number of halogens is 1. The van der Waals surface area contributed by atoms with E-state index in [0.29, 0.717) is 27.8 Å². The molecular weight excluding hydrogens is 212 g/mol. The molecule has 0 aliphatic carbocycles. The molecule has 15 heavy (non-hydrogen) atoms. The van der Waals surface area contributed by atoms with Gasteiger partial charge in [0.2, 0.25) is 0 Å². The van der Waals surface area contributed by atoms with Crippen LogP contribution in [0.5, 0.6) is 0 Å². The van der Waals surface area contributed by atoms with Crippen LogP contribution in [0.3, 0.4) is 0 Å². The van der Waals surface area contributed by atoms with Gasteiger partial charge in [0, 0.05) is 23.1 Å². The maximum Gasteiger partial charge on any atom is 0.134 e. The minimum absolute atomic E-state index is 0.352. The van der Waals surface area contributed by atoms with Crippen LogP contribution in [0.2, 0.25) is 5.02 Å². The maximum absolute atomic E-state index is 5.86. The fourth-order valence-electron chi connectivity index (χ4n) is 1.31. The predicted octanol–water partition coefficient (Wildman–Crippen LogP) is 1.96. The average Bonchev–Trinajstić information content (AvgIpc) is 2.17. The van der Waals surface area contributed by atoms with E-state index in [0.717, 1.165) is 0 Å². The van der Waals surface area contributed by atoms with E-state index >= 15 is 0 Å². The molecule has 0 radical (unpaired) electrons. The van der Waals surface area contributed by atoms with Crippen molar-refractivity contribution in [2.45, 2.75) is 0 Å². The maximum atomic E-state index is 5.86. The van der Waals surface area contributed by atoms with Crippen LogP contribution in [0.4, 0.5) is 11.5 Å². The van der Waals surface area contributed by atoms with Crippen molar-refractivity contribution in [3.63, 3.8) is 0 Å². The van der Waals surface area contributed by atoms with E-state index in [4.69, 9.17) is 23.1 Å². The van der Waals surface area contributed by atoms with Gasteiger partial charge in [-0.1, -0.05) is 11.6 Å². The van der Waals surface area contributed by atoms with Gasteiger partial charge in [0.25, 0.3) is 0 Å². The molecule has 0 spiro atoms. The highest BCUT2D eigenvalue weighted by Crippen LogP contribution is 2.29. The number of rotatable bonds is 1. The Bertz CT molecular complexity index is 478. The van der Waals surface area contributed by atoms with Crippen molar-refractivity contribution < 1.29 is 0 Å². The molecule has 76 valence electrons. The Hall–Kier alpha value is -1.81. The lowest BCUT2D eigenvalue weighted by atomic mass is 10.1. The van der Waals surface area contributed by atoms with Crippen molar-refractivity contribution in [2.24, 2.45) is 0 Å². The van der Waals surface area contributed by atoms with Gasteiger partial charge < -0.3 is 11.5 Å². The SMILES string of the molecule is Nc1ccnc(N)c1-c1cc(Cl)ccn1. The highest BCUT2D eigenvalue weighted by molar-refractivity contribution is 6.30. The molecular formula is C10H9ClN4. The van der Waals surface area contributed by atoms with Crippen molar-refractivity contribution in [2.75, 3.05) is 11.5 Å². The quantitative estimate of drug-likeness (QED) is 0.770. The summed E-state index contributed by atoms with van der Waals surface area (Å²) in [4.78, 5) is 8.11. The summed E-state index contributed by atoms with van der Waals surface area (Å²) in [7, 11) is 0. The van der Waals surface area contributed by atoms with E-state index in [1.54, 1.807) is 30.6 Å². The van der Waals surface area contributed by atoms with E-state index in [-0.39, 0.29) is 0 Å². The number of aromatic nitrogens is 2. The number of nitrogen functional groups attached to an aromatic ring is 2. The number of anilines is 2. The molecule has 0 amide bonds. The van der Waals surface area contributed by atoms with E-state index in [2.05, 4.69) is 9.97 Å². The standard InChI is InChI=1S/C10H9ClN4/c11-6-1-3-14-8(5-6)9-7(12)2-4-15-10(9)13/h1-5H,(H4,12,13,15). The van der Waals surface area contributed by atoms with E-state index in [1.165, 1.54) is 0 Å². The van der Waals surface area contributed by atoms with Gasteiger partial charge in [0.05, 0.1) is 11.3 Å². The fourth-order valence-corrected chi connectivity index (χ4v) is 1.47. The Morgan fingerprint density at radius 2 is 1.80 bits per heavy atom. The third kappa shape index (κ3) is 1.85. The third-order valence-electron chi connectivity index (χ3n) is 1.99. The summed E-state index contributed by atoms with van der Waals surface area (Å²) in [5.41, 5.74) is 13.3. The molecule has 0 bridgehead atoms. The normalized spacial score (nSPS) is 10.2. The summed E-state index contributed by atoms with van der Waals surface area (Å²) >= 11 is 5.86. The van der Waals surface area contributed by atoms with Crippen LogP contribution in [0.15, 0.2) is 30.6 Å². The molecule has 0 aromatic carbocycles. The molecule has 4 nitrogen and oxygen atoms in total. The number of nitrogens with two attached hydrogens (primary N) is 2. The van der Waals surface area contributed by atoms with Crippen molar-refractivity contribution in [1.82, 2.24) is 9.97 Å². The molecule has 0 saturated heterocycles. The summed E-state index contributed by atoms with van der Waals surface area (Å²) in [6.45, 7) is 0. The molecule has 0 aliphatic rings. The second-order valence-corrected chi connectivity index (χ2v) is 3.46. The lowest BCUT2D eigenvalue weighted by molar-refractivity contribution is 1.29. The smallest absolute Gasteiger partial charge is 0.134 e. The third-order valence-corrected chi connectivity index (χ3v) is 2.23. The zero-order valence-electron chi connectivity index (χ0n) is 7.81. The minimum Gasteiger partial charge on any atom is -0.398 e. The molecule has 2 heterocycles. The number of pyridine rings is 2. The topological polar surface area (TPSA) is 77.8 Å². The van der Waals surface area contributed by atoms with Crippen LogP contribution in [0.25, 0.3) is 11.3 Å². The molecule has 2 rings (SSSR count). The number of hydrogen-bond donors (Lipinski definition) is 2. The summed E-state index contributed by atoms with van der Waals surface area (Å²) in [5.74, 6) is 0.352. The summed E-state index contributed by atoms with van der Waals surface area (Å²) in [6, 6.07) is 5.06. The highest BCUT2D eigenvalue weighted by atomic mass is 35.5. The molecule has 5 heteroatoms. The van der Waals surface area contributed by atoms with Gasteiger partial charge in [-0.2, -0.15) is 0 Å². The molecule has 2 aromatic heterocycles. The van der Waals surface area contributed by atoms with Gasteiger partial charge in [-0.25, -0.2) is 4.98 Å². The Morgan fingerprint density at radius 1 is 1.07 bits per heavy atom. The van der Waals surface area contributed by atoms with Crippen LogP contribution >= 0.6 is 11.6 Å². The Labute approximate surface area is 91.9 Å². The van der Waals surface area contributed by atoms with Gasteiger partial charge in [0.15, 0.2) is 0 Å². The number of hydrogen-bond acceptors (Lipinski definition) is 4. The Morgan fingerprint density at radius 3 is 2.47 bits per heavy atom. The van der Waals surface area contributed by atoms with Crippen LogP contribution in [0, 0.1) is 0 Å². The van der Waals surface area contributed by atoms with E-state index in [1.807, 2.05) is 0 Å². The zero-order valence-corrected chi connectivity index (χ0v) is 8.57. The first kappa shape index (κ1) is 9.73. The van der Waals surface area contributed by atoms with Crippen molar-refractivity contribution >= 4 is 23.1 Å². The summed E-state index contributed by atoms with van der Waals surface area (Å²) < 4.78 is 0. The molecule has 4 N–H and O–H groups in total. The first-order valence-electron chi connectivity index (χ1n) is 4.30. The average molecular weight is 221 g/mol. The van der Waals surface area contributed by atoms with E-state index in [9.17, 15) is 0 Å². The molecule has 0 saturated carbocycles. The second kappa shape index (κ2) is 3.74. The minimum atomic E-state index is 0.352. The Kier molecular flexibility index (Phi) is 2.43. The van der Waals surface area contributed by atoms with Crippen LogP contribution in [-0.4, -0.2) is 9.97 Å². The van der Waals surface area contributed by atoms with Crippen molar-refractivity contribution in [1.29, 1.82) is 0 Å². The van der Waals surface area contributed by atoms with Crippen LogP contribution < -0.4 is 11.5 Å².